The van der Waals surface area contributed by atoms with Gasteiger partial charge in [-0.2, -0.15) is 0 Å². The third kappa shape index (κ3) is 5.60. The summed E-state index contributed by atoms with van der Waals surface area (Å²) in [4.78, 5) is 16.4. The van der Waals surface area contributed by atoms with E-state index in [9.17, 15) is 14.3 Å². The molecule has 0 amide bonds. The number of carboxylic acid groups (broad SMARTS) is 1. The van der Waals surface area contributed by atoms with Gasteiger partial charge in [-0.3, -0.25) is 0 Å². The molecule has 2 unspecified atom stereocenters. The lowest BCUT2D eigenvalue weighted by Gasteiger charge is -2.30. The number of hydrogen-bond acceptors (Lipinski definition) is 6. The SMILES string of the molecule is O=C(O)c1ccc2nc(CCC3CC=C(c4cccc5c4OC(c4ccc(Cl)cc4F)CO5)CO3)n(C[C@@H]3CCO3)c2c1. The smallest absolute Gasteiger partial charge is 0.335 e. The molecule has 0 radical (unpaired) electrons. The zero-order valence-electron chi connectivity index (χ0n) is 23.3. The number of fused-ring (bicyclic) bond motifs is 2. The molecule has 3 aromatic carbocycles. The molecule has 222 valence electrons. The maximum Gasteiger partial charge on any atom is 0.335 e. The third-order valence-corrected chi connectivity index (χ3v) is 8.57. The van der Waals surface area contributed by atoms with Gasteiger partial charge in [-0.1, -0.05) is 35.9 Å². The van der Waals surface area contributed by atoms with E-state index in [0.717, 1.165) is 47.4 Å². The molecule has 4 heterocycles. The second kappa shape index (κ2) is 11.6. The number of carbonyl (C=O) groups is 1. The number of carboxylic acids is 1. The summed E-state index contributed by atoms with van der Waals surface area (Å²) in [5.41, 5.74) is 4.08. The average Bonchev–Trinajstić information content (AvgIpc) is 3.34. The van der Waals surface area contributed by atoms with Gasteiger partial charge >= 0.3 is 5.97 Å². The van der Waals surface area contributed by atoms with Crippen molar-refractivity contribution in [3.05, 3.63) is 94.0 Å². The van der Waals surface area contributed by atoms with Crippen LogP contribution in [0.25, 0.3) is 16.6 Å². The Bertz CT molecular complexity index is 1730. The Labute approximate surface area is 252 Å². The quantitative estimate of drug-likeness (QED) is 0.241. The second-order valence-corrected chi connectivity index (χ2v) is 11.5. The molecule has 3 aliphatic rings. The van der Waals surface area contributed by atoms with Gasteiger partial charge < -0.3 is 28.6 Å². The topological polar surface area (TPSA) is 92.0 Å². The minimum Gasteiger partial charge on any atom is -0.485 e. The fraction of sp³-hybridized carbons (Fsp3) is 0.333. The number of aromatic nitrogens is 2. The summed E-state index contributed by atoms with van der Waals surface area (Å²) in [6, 6.07) is 15.3. The molecule has 4 aromatic rings. The molecule has 0 spiro atoms. The first-order chi connectivity index (χ1) is 20.9. The Morgan fingerprint density at radius 1 is 1.12 bits per heavy atom. The van der Waals surface area contributed by atoms with E-state index < -0.39 is 17.9 Å². The van der Waals surface area contributed by atoms with Crippen LogP contribution < -0.4 is 9.47 Å². The summed E-state index contributed by atoms with van der Waals surface area (Å²) in [7, 11) is 0. The van der Waals surface area contributed by atoms with Gasteiger partial charge in [0.15, 0.2) is 17.6 Å². The first-order valence-electron chi connectivity index (χ1n) is 14.5. The molecular weight excluding hydrogens is 575 g/mol. The molecule has 1 N–H and O–H groups in total. The standard InChI is InChI=1S/C33H30ClFN2O6/c34-21-6-9-25(26(35)15-21)30-18-42-29-3-1-2-24(32(29)43-30)20-4-7-22(41-17-20)8-11-31-36-27-10-5-19(33(38)39)14-28(27)37(31)16-23-12-13-40-23/h1-6,9-10,14-15,22-23,30H,7-8,11-13,16-18H2,(H,38,39)/t22?,23-,30?/m0/s1. The molecule has 0 bridgehead atoms. The highest BCUT2D eigenvalue weighted by Gasteiger charge is 2.29. The first kappa shape index (κ1) is 27.9. The predicted octanol–water partition coefficient (Wildman–Crippen LogP) is 6.63. The third-order valence-electron chi connectivity index (χ3n) is 8.33. The Hall–Kier alpha value is -3.92. The second-order valence-electron chi connectivity index (χ2n) is 11.1. The van der Waals surface area contributed by atoms with Gasteiger partial charge in [0.1, 0.15) is 18.2 Å². The number of para-hydroxylation sites is 1. The van der Waals surface area contributed by atoms with Crippen molar-refractivity contribution in [2.45, 2.75) is 50.5 Å². The summed E-state index contributed by atoms with van der Waals surface area (Å²) >= 11 is 5.94. The van der Waals surface area contributed by atoms with E-state index in [2.05, 4.69) is 10.6 Å². The number of halogens is 2. The number of imidazole rings is 1. The lowest BCUT2D eigenvalue weighted by molar-refractivity contribution is -0.0590. The number of ether oxygens (including phenoxy) is 4. The number of aromatic carboxylic acids is 1. The van der Waals surface area contributed by atoms with Crippen molar-refractivity contribution in [1.82, 2.24) is 9.55 Å². The lowest BCUT2D eigenvalue weighted by atomic mass is 9.98. The summed E-state index contributed by atoms with van der Waals surface area (Å²) < 4.78 is 41.0. The Morgan fingerprint density at radius 3 is 2.74 bits per heavy atom. The first-order valence-corrected chi connectivity index (χ1v) is 14.8. The van der Waals surface area contributed by atoms with Gasteiger partial charge in [0.05, 0.1) is 42.0 Å². The number of hydrogen-bond donors (Lipinski definition) is 1. The Balaban J connectivity index is 1.06. The highest BCUT2D eigenvalue weighted by atomic mass is 35.5. The predicted molar refractivity (Wildman–Crippen MR) is 158 cm³/mol. The fourth-order valence-electron chi connectivity index (χ4n) is 5.88. The van der Waals surface area contributed by atoms with Gasteiger partial charge in [-0.05, 0) is 61.2 Å². The normalized spacial score (nSPS) is 21.3. The van der Waals surface area contributed by atoms with Crippen molar-refractivity contribution in [3.8, 4) is 11.5 Å². The van der Waals surface area contributed by atoms with Crippen LogP contribution in [0.4, 0.5) is 4.39 Å². The van der Waals surface area contributed by atoms with Crippen molar-refractivity contribution in [1.29, 1.82) is 0 Å². The molecule has 8 nitrogen and oxygen atoms in total. The molecule has 3 atom stereocenters. The van der Waals surface area contributed by atoms with Crippen molar-refractivity contribution in [3.63, 3.8) is 0 Å². The number of benzene rings is 3. The fourth-order valence-corrected chi connectivity index (χ4v) is 6.04. The van der Waals surface area contributed by atoms with E-state index in [1.807, 2.05) is 18.2 Å². The summed E-state index contributed by atoms with van der Waals surface area (Å²) in [6.07, 6.45) is 4.82. The zero-order chi connectivity index (χ0) is 29.5. The molecule has 7 rings (SSSR count). The van der Waals surface area contributed by atoms with Crippen LogP contribution >= 0.6 is 11.6 Å². The summed E-state index contributed by atoms with van der Waals surface area (Å²) in [6.45, 7) is 1.99. The molecule has 1 saturated heterocycles. The van der Waals surface area contributed by atoms with E-state index in [4.69, 9.17) is 35.5 Å². The van der Waals surface area contributed by atoms with Crippen molar-refractivity contribution >= 4 is 34.2 Å². The molecule has 43 heavy (non-hydrogen) atoms. The van der Waals surface area contributed by atoms with E-state index in [0.29, 0.717) is 48.1 Å². The maximum absolute atomic E-state index is 14.6. The minimum absolute atomic E-state index is 0.000774. The van der Waals surface area contributed by atoms with Crippen LogP contribution in [0.5, 0.6) is 11.5 Å². The molecule has 3 aliphatic heterocycles. The van der Waals surface area contributed by atoms with Gasteiger partial charge in [-0.25, -0.2) is 14.2 Å². The van der Waals surface area contributed by atoms with Crippen LogP contribution in [0.1, 0.15) is 52.7 Å². The van der Waals surface area contributed by atoms with Crippen LogP contribution in [-0.4, -0.2) is 52.7 Å². The van der Waals surface area contributed by atoms with Crippen LogP contribution in [0.3, 0.4) is 0 Å². The molecule has 1 fully saturated rings. The largest absolute Gasteiger partial charge is 0.485 e. The molecule has 1 aromatic heterocycles. The highest BCUT2D eigenvalue weighted by molar-refractivity contribution is 6.30. The summed E-state index contributed by atoms with van der Waals surface area (Å²) in [5.74, 6) is 0.704. The van der Waals surface area contributed by atoms with Crippen LogP contribution in [0, 0.1) is 5.82 Å². The number of aryl methyl sites for hydroxylation is 1. The maximum atomic E-state index is 14.6. The van der Waals surface area contributed by atoms with Gasteiger partial charge in [0.25, 0.3) is 0 Å². The van der Waals surface area contributed by atoms with E-state index in [1.54, 1.807) is 30.3 Å². The zero-order valence-corrected chi connectivity index (χ0v) is 24.1. The Kier molecular flexibility index (Phi) is 7.55. The summed E-state index contributed by atoms with van der Waals surface area (Å²) in [5, 5.41) is 9.83. The molecular formula is C33H30ClFN2O6. The number of nitrogens with zero attached hydrogens (tertiary/aromatic N) is 2. The van der Waals surface area contributed by atoms with Crippen LogP contribution in [0.15, 0.2) is 60.7 Å². The lowest BCUT2D eigenvalue weighted by Crippen LogP contribution is -2.32. The average molecular weight is 605 g/mol. The molecule has 10 heteroatoms. The van der Waals surface area contributed by atoms with Gasteiger partial charge in [0.2, 0.25) is 0 Å². The molecule has 0 saturated carbocycles. The monoisotopic (exact) mass is 604 g/mol. The van der Waals surface area contributed by atoms with E-state index >= 15 is 0 Å². The van der Waals surface area contributed by atoms with E-state index in [1.165, 1.54) is 6.07 Å². The van der Waals surface area contributed by atoms with E-state index in [-0.39, 0.29) is 24.4 Å². The van der Waals surface area contributed by atoms with Gasteiger partial charge in [0, 0.05) is 29.2 Å². The van der Waals surface area contributed by atoms with Gasteiger partial charge in [-0.15, -0.1) is 0 Å². The van der Waals surface area contributed by atoms with Crippen LogP contribution in [-0.2, 0) is 22.4 Å². The van der Waals surface area contributed by atoms with Crippen LogP contribution in [0.2, 0.25) is 5.02 Å². The van der Waals surface area contributed by atoms with Crippen molar-refractivity contribution in [2.75, 3.05) is 19.8 Å². The van der Waals surface area contributed by atoms with Crippen molar-refractivity contribution in [2.24, 2.45) is 0 Å². The Morgan fingerprint density at radius 2 is 2.00 bits per heavy atom. The number of rotatable bonds is 8. The molecule has 0 aliphatic carbocycles. The van der Waals surface area contributed by atoms with Crippen molar-refractivity contribution < 1.29 is 33.2 Å². The minimum atomic E-state index is -0.960. The highest BCUT2D eigenvalue weighted by Crippen LogP contribution is 2.43.